The summed E-state index contributed by atoms with van der Waals surface area (Å²) in [6.07, 6.45) is 19.1. The van der Waals surface area contributed by atoms with E-state index in [0.717, 1.165) is 35.5 Å². The van der Waals surface area contributed by atoms with Crippen LogP contribution in [0.3, 0.4) is 0 Å². The van der Waals surface area contributed by atoms with Gasteiger partial charge in [0.05, 0.1) is 0 Å². The zero-order chi connectivity index (χ0) is 20.6. The van der Waals surface area contributed by atoms with Crippen molar-refractivity contribution in [1.29, 1.82) is 0 Å². The second-order valence-electron chi connectivity index (χ2n) is 11.5. The van der Waals surface area contributed by atoms with Crippen molar-refractivity contribution in [3.63, 3.8) is 0 Å². The Hall–Kier alpha value is -1.56. The number of hydrogen-bond acceptors (Lipinski definition) is 0. The fraction of sp³-hybridized carbons (Fsp3) is 0.613. The Morgan fingerprint density at radius 2 is 0.871 bits per heavy atom. The molecule has 2 aromatic rings. The molecule has 0 aromatic heterocycles. The van der Waals surface area contributed by atoms with Gasteiger partial charge in [-0.25, -0.2) is 0 Å². The van der Waals surface area contributed by atoms with Crippen molar-refractivity contribution in [1.82, 2.24) is 0 Å². The lowest BCUT2D eigenvalue weighted by Crippen LogP contribution is -2.27. The maximum atomic E-state index is 2.48. The van der Waals surface area contributed by atoms with Crippen LogP contribution in [0.5, 0.6) is 0 Å². The van der Waals surface area contributed by atoms with E-state index in [0.29, 0.717) is 0 Å². The molecular weight excluding hydrogens is 372 g/mol. The molecule has 0 heteroatoms. The lowest BCUT2D eigenvalue weighted by molar-refractivity contribution is 0.156. The van der Waals surface area contributed by atoms with E-state index in [9.17, 15) is 0 Å². The predicted molar refractivity (Wildman–Crippen MR) is 131 cm³/mol. The molecule has 4 saturated carbocycles. The maximum absolute atomic E-state index is 2.48. The van der Waals surface area contributed by atoms with E-state index in [2.05, 4.69) is 48.5 Å². The first-order valence-electron chi connectivity index (χ1n) is 13.5. The highest BCUT2D eigenvalue weighted by Crippen LogP contribution is 2.52. The Morgan fingerprint density at radius 1 is 0.419 bits per heavy atom. The summed E-state index contributed by atoms with van der Waals surface area (Å²) in [5.74, 6) is 5.59. The quantitative estimate of drug-likeness (QED) is 0.471. The molecule has 31 heavy (non-hydrogen) atoms. The molecule has 4 aliphatic carbocycles. The molecule has 4 aliphatic rings. The summed E-state index contributed by atoms with van der Waals surface area (Å²) in [7, 11) is 0. The monoisotopic (exact) mass is 412 g/mol. The van der Waals surface area contributed by atoms with Gasteiger partial charge in [0, 0.05) is 0 Å². The molecular formula is C31H40. The number of hydrogen-bond donors (Lipinski definition) is 0. The van der Waals surface area contributed by atoms with E-state index in [1.54, 1.807) is 22.3 Å². The molecule has 0 bridgehead atoms. The van der Waals surface area contributed by atoms with Crippen LogP contribution in [0.25, 0.3) is 11.1 Å². The van der Waals surface area contributed by atoms with Crippen LogP contribution in [-0.4, -0.2) is 0 Å². The van der Waals surface area contributed by atoms with Crippen LogP contribution in [-0.2, 0) is 0 Å². The van der Waals surface area contributed by atoms with Crippen molar-refractivity contribution in [2.45, 2.75) is 95.3 Å². The SMILES string of the molecule is c1ccc(C2CCC3CCCCC3C2)c(-c2ccccc2C2CC3CCCCC3C2)c1. The second kappa shape index (κ2) is 8.76. The molecule has 0 nitrogen and oxygen atoms in total. The van der Waals surface area contributed by atoms with Gasteiger partial charge in [-0.2, -0.15) is 0 Å². The first-order valence-corrected chi connectivity index (χ1v) is 13.5. The zero-order valence-corrected chi connectivity index (χ0v) is 19.3. The van der Waals surface area contributed by atoms with Crippen LogP contribution in [0.2, 0.25) is 0 Å². The Balaban J connectivity index is 1.31. The normalized spacial score (nSPS) is 35.4. The molecule has 0 heterocycles. The fourth-order valence-corrected chi connectivity index (χ4v) is 8.34. The van der Waals surface area contributed by atoms with E-state index < -0.39 is 0 Å². The lowest BCUT2D eigenvalue weighted by Gasteiger charge is -2.40. The van der Waals surface area contributed by atoms with Crippen LogP contribution < -0.4 is 0 Å². The largest absolute Gasteiger partial charge is 0.0619 e. The summed E-state index contributed by atoms with van der Waals surface area (Å²) >= 11 is 0. The highest BCUT2D eigenvalue weighted by atomic mass is 14.4. The minimum absolute atomic E-state index is 0.773. The van der Waals surface area contributed by atoms with Crippen molar-refractivity contribution in [2.75, 3.05) is 0 Å². The minimum atomic E-state index is 0.773. The smallest absolute Gasteiger partial charge is 0.0146 e. The summed E-state index contributed by atoms with van der Waals surface area (Å²) in [4.78, 5) is 0. The second-order valence-corrected chi connectivity index (χ2v) is 11.5. The Morgan fingerprint density at radius 3 is 1.48 bits per heavy atom. The molecule has 0 saturated heterocycles. The van der Waals surface area contributed by atoms with Gasteiger partial charge in [0.2, 0.25) is 0 Å². The van der Waals surface area contributed by atoms with Gasteiger partial charge in [-0.3, -0.25) is 0 Å². The van der Waals surface area contributed by atoms with Crippen molar-refractivity contribution in [3.8, 4) is 11.1 Å². The van der Waals surface area contributed by atoms with Crippen LogP contribution in [0.1, 0.15) is 106 Å². The van der Waals surface area contributed by atoms with E-state index in [-0.39, 0.29) is 0 Å². The fourth-order valence-electron chi connectivity index (χ4n) is 8.34. The Bertz CT molecular complexity index is 880. The molecule has 0 spiro atoms. The van der Waals surface area contributed by atoms with Crippen molar-refractivity contribution in [3.05, 3.63) is 59.7 Å². The average molecular weight is 413 g/mol. The summed E-state index contributed by atoms with van der Waals surface area (Å²) in [5, 5.41) is 0. The van der Waals surface area contributed by atoms with Gasteiger partial charge >= 0.3 is 0 Å². The first kappa shape index (κ1) is 20.1. The van der Waals surface area contributed by atoms with E-state index in [1.807, 2.05) is 0 Å². The molecule has 2 aromatic carbocycles. The number of fused-ring (bicyclic) bond motifs is 2. The predicted octanol–water partition coefficient (Wildman–Crippen LogP) is 9.11. The van der Waals surface area contributed by atoms with Gasteiger partial charge in [-0.1, -0.05) is 99.9 Å². The third-order valence-corrected chi connectivity index (χ3v) is 9.87. The van der Waals surface area contributed by atoms with Gasteiger partial charge in [0.1, 0.15) is 0 Å². The van der Waals surface area contributed by atoms with Crippen molar-refractivity contribution < 1.29 is 0 Å². The third-order valence-electron chi connectivity index (χ3n) is 9.87. The molecule has 5 unspecified atom stereocenters. The molecule has 164 valence electrons. The molecule has 5 atom stereocenters. The van der Waals surface area contributed by atoms with Gasteiger partial charge in [-0.15, -0.1) is 0 Å². The summed E-state index contributed by atoms with van der Waals surface area (Å²) in [6, 6.07) is 19.0. The third kappa shape index (κ3) is 3.90. The molecule has 0 N–H and O–H groups in total. The van der Waals surface area contributed by atoms with Gasteiger partial charge in [0.25, 0.3) is 0 Å². The van der Waals surface area contributed by atoms with Gasteiger partial charge in [-0.05, 0) is 89.9 Å². The van der Waals surface area contributed by atoms with Crippen molar-refractivity contribution >= 4 is 0 Å². The number of rotatable bonds is 3. The molecule has 0 amide bonds. The van der Waals surface area contributed by atoms with Gasteiger partial charge < -0.3 is 0 Å². The van der Waals surface area contributed by atoms with E-state index in [1.165, 1.54) is 83.5 Å². The highest BCUT2D eigenvalue weighted by Gasteiger charge is 2.37. The van der Waals surface area contributed by atoms with Crippen molar-refractivity contribution in [2.24, 2.45) is 23.7 Å². The molecule has 4 fully saturated rings. The van der Waals surface area contributed by atoms with Crippen LogP contribution >= 0.6 is 0 Å². The molecule has 6 rings (SSSR count). The average Bonchev–Trinajstić information content (AvgIpc) is 3.28. The van der Waals surface area contributed by atoms with Gasteiger partial charge in [0.15, 0.2) is 0 Å². The number of benzene rings is 2. The minimum Gasteiger partial charge on any atom is -0.0619 e. The topological polar surface area (TPSA) is 0 Å². The Kier molecular flexibility index (Phi) is 5.67. The molecule has 0 aliphatic heterocycles. The standard InChI is InChI=1S/C31H40/c1-2-10-23-19-26(18-17-22(23)9-1)28-13-5-7-15-30(28)31-16-8-6-14-29(31)27-20-24-11-3-4-12-25(24)21-27/h5-8,13-16,22-27H,1-4,9-12,17-21H2. The van der Waals surface area contributed by atoms with Crippen LogP contribution in [0, 0.1) is 23.7 Å². The Labute approximate surface area is 189 Å². The summed E-state index contributed by atoms with van der Waals surface area (Å²) in [6.45, 7) is 0. The summed E-state index contributed by atoms with van der Waals surface area (Å²) in [5.41, 5.74) is 6.45. The highest BCUT2D eigenvalue weighted by molar-refractivity contribution is 5.72. The summed E-state index contributed by atoms with van der Waals surface area (Å²) < 4.78 is 0. The molecule has 0 radical (unpaired) electrons. The zero-order valence-electron chi connectivity index (χ0n) is 19.3. The maximum Gasteiger partial charge on any atom is -0.0146 e. The lowest BCUT2D eigenvalue weighted by atomic mass is 9.65. The van der Waals surface area contributed by atoms with Crippen LogP contribution in [0.4, 0.5) is 0 Å². The first-order chi connectivity index (χ1) is 15.4. The van der Waals surface area contributed by atoms with E-state index >= 15 is 0 Å². The van der Waals surface area contributed by atoms with Crippen LogP contribution in [0.15, 0.2) is 48.5 Å². The van der Waals surface area contributed by atoms with E-state index in [4.69, 9.17) is 0 Å².